The van der Waals surface area contributed by atoms with E-state index in [1.807, 2.05) is 44.2 Å². The summed E-state index contributed by atoms with van der Waals surface area (Å²) in [6.45, 7) is 5.89. The van der Waals surface area contributed by atoms with Crippen LogP contribution in [0.15, 0.2) is 35.1 Å². The molecular weight excluding hydrogens is 346 g/mol. The molecule has 1 unspecified atom stereocenters. The van der Waals surface area contributed by atoms with Crippen LogP contribution in [0.25, 0.3) is 10.2 Å². The molecule has 1 amide bonds. The summed E-state index contributed by atoms with van der Waals surface area (Å²) in [6, 6.07) is 9.98. The number of hydrogen-bond acceptors (Lipinski definition) is 4. The number of hydrogen-bond donors (Lipinski definition) is 2. The van der Waals surface area contributed by atoms with Crippen LogP contribution in [0.4, 0.5) is 0 Å². The number of thiophene rings is 1. The Bertz CT molecular complexity index is 976. The fourth-order valence-electron chi connectivity index (χ4n) is 3.07. The third-order valence-corrected chi connectivity index (χ3v) is 5.55. The maximum absolute atomic E-state index is 12.6. The fourth-order valence-corrected chi connectivity index (χ4v) is 4.18. The van der Waals surface area contributed by atoms with Crippen LogP contribution < -0.4 is 10.9 Å². The smallest absolute Gasteiger partial charge is 0.261 e. The molecule has 0 radical (unpaired) electrons. The lowest BCUT2D eigenvalue weighted by molar-refractivity contribution is 0.0942. The molecule has 26 heavy (non-hydrogen) atoms. The maximum atomic E-state index is 12.6. The maximum Gasteiger partial charge on any atom is 0.261 e. The Morgan fingerprint density at radius 1 is 1.31 bits per heavy atom. The summed E-state index contributed by atoms with van der Waals surface area (Å²) in [6.07, 6.45) is 2.49. The van der Waals surface area contributed by atoms with Crippen LogP contribution in [0.2, 0.25) is 0 Å². The highest BCUT2D eigenvalue weighted by molar-refractivity contribution is 7.20. The zero-order chi connectivity index (χ0) is 18.7. The number of benzene rings is 1. The van der Waals surface area contributed by atoms with Gasteiger partial charge in [0.1, 0.15) is 10.7 Å². The van der Waals surface area contributed by atoms with Gasteiger partial charge in [-0.3, -0.25) is 9.59 Å². The minimum atomic E-state index is -0.185. The quantitative estimate of drug-likeness (QED) is 0.694. The summed E-state index contributed by atoms with van der Waals surface area (Å²) in [5.41, 5.74) is 1.59. The molecular formula is C20H23N3O2S. The van der Waals surface area contributed by atoms with E-state index < -0.39 is 0 Å². The highest BCUT2D eigenvalue weighted by Gasteiger charge is 2.20. The van der Waals surface area contributed by atoms with Crippen LogP contribution in [0, 0.1) is 6.92 Å². The van der Waals surface area contributed by atoms with Gasteiger partial charge >= 0.3 is 0 Å². The van der Waals surface area contributed by atoms with Gasteiger partial charge in [0.15, 0.2) is 0 Å². The number of aromatic amines is 1. The minimum absolute atomic E-state index is 0.108. The normalized spacial score (nSPS) is 12.3. The molecule has 6 heteroatoms. The number of carbonyl (C=O) groups excluding carboxylic acids is 1. The molecule has 0 saturated carbocycles. The van der Waals surface area contributed by atoms with Crippen molar-refractivity contribution < 1.29 is 4.79 Å². The highest BCUT2D eigenvalue weighted by Crippen LogP contribution is 2.27. The van der Waals surface area contributed by atoms with E-state index in [9.17, 15) is 9.59 Å². The zero-order valence-corrected chi connectivity index (χ0v) is 16.1. The Kier molecular flexibility index (Phi) is 5.52. The van der Waals surface area contributed by atoms with Gasteiger partial charge in [-0.05, 0) is 31.4 Å². The van der Waals surface area contributed by atoms with Gasteiger partial charge in [-0.2, -0.15) is 0 Å². The first-order valence-electron chi connectivity index (χ1n) is 8.86. The van der Waals surface area contributed by atoms with Crippen molar-refractivity contribution in [3.05, 3.63) is 62.5 Å². The van der Waals surface area contributed by atoms with Crippen LogP contribution in [0.3, 0.4) is 0 Å². The number of carbonyl (C=O) groups is 1. The third kappa shape index (κ3) is 3.85. The van der Waals surface area contributed by atoms with Gasteiger partial charge in [0.05, 0.1) is 10.3 Å². The number of aromatic nitrogens is 2. The number of amides is 1. The molecule has 0 aliphatic rings. The predicted molar refractivity (Wildman–Crippen MR) is 106 cm³/mol. The molecule has 1 atom stereocenters. The largest absolute Gasteiger partial charge is 0.349 e. The summed E-state index contributed by atoms with van der Waals surface area (Å²) in [7, 11) is 0. The molecule has 3 aromatic rings. The van der Waals surface area contributed by atoms with Crippen molar-refractivity contribution >= 4 is 27.5 Å². The lowest BCUT2D eigenvalue weighted by Crippen LogP contribution is -2.32. The molecule has 0 bridgehead atoms. The van der Waals surface area contributed by atoms with Crippen molar-refractivity contribution in [3.8, 4) is 0 Å². The molecule has 0 fully saturated rings. The van der Waals surface area contributed by atoms with E-state index in [-0.39, 0.29) is 17.5 Å². The van der Waals surface area contributed by atoms with E-state index in [1.165, 1.54) is 11.3 Å². The van der Waals surface area contributed by atoms with E-state index in [0.29, 0.717) is 32.9 Å². The number of H-pyrrole nitrogens is 1. The van der Waals surface area contributed by atoms with E-state index in [4.69, 9.17) is 0 Å². The third-order valence-electron chi connectivity index (χ3n) is 4.37. The monoisotopic (exact) mass is 369 g/mol. The van der Waals surface area contributed by atoms with Gasteiger partial charge < -0.3 is 10.3 Å². The molecule has 5 nitrogen and oxygen atoms in total. The standard InChI is InChI=1S/C20H23N3O2S/c1-4-8-12(2)21-19(25)17-13(3)16-18(24)22-15(23-20(16)26-17)11-14-9-6-5-7-10-14/h5-7,9-10,12H,4,8,11H2,1-3H3,(H,21,25)(H,22,23,24). The average molecular weight is 369 g/mol. The summed E-state index contributed by atoms with van der Waals surface area (Å²) >= 11 is 1.29. The van der Waals surface area contributed by atoms with Gasteiger partial charge in [-0.25, -0.2) is 4.98 Å². The Balaban J connectivity index is 1.93. The van der Waals surface area contributed by atoms with E-state index in [1.54, 1.807) is 0 Å². The van der Waals surface area contributed by atoms with Crippen LogP contribution >= 0.6 is 11.3 Å². The van der Waals surface area contributed by atoms with E-state index >= 15 is 0 Å². The molecule has 1 aromatic carbocycles. The number of nitrogens with one attached hydrogen (secondary N) is 2. The number of nitrogens with zero attached hydrogens (tertiary/aromatic N) is 1. The number of fused-ring (bicyclic) bond motifs is 1. The first kappa shape index (κ1) is 18.3. The van der Waals surface area contributed by atoms with Crippen molar-refractivity contribution in [2.24, 2.45) is 0 Å². The van der Waals surface area contributed by atoms with Gasteiger partial charge in [0.2, 0.25) is 0 Å². The Labute approximate surface area is 156 Å². The van der Waals surface area contributed by atoms with Gasteiger partial charge in [-0.1, -0.05) is 43.7 Å². The van der Waals surface area contributed by atoms with Gasteiger partial charge in [0, 0.05) is 12.5 Å². The molecule has 0 spiro atoms. The van der Waals surface area contributed by atoms with Crippen LogP contribution in [0.5, 0.6) is 0 Å². The Hall–Kier alpha value is -2.47. The van der Waals surface area contributed by atoms with E-state index in [0.717, 1.165) is 18.4 Å². The van der Waals surface area contributed by atoms with Crippen LogP contribution in [-0.4, -0.2) is 21.9 Å². The molecule has 0 saturated heterocycles. The summed E-state index contributed by atoms with van der Waals surface area (Å²) < 4.78 is 0. The molecule has 2 aromatic heterocycles. The number of aryl methyl sites for hydroxylation is 1. The summed E-state index contributed by atoms with van der Waals surface area (Å²) in [4.78, 5) is 33.8. The Morgan fingerprint density at radius 3 is 2.73 bits per heavy atom. The van der Waals surface area contributed by atoms with Crippen molar-refractivity contribution in [1.82, 2.24) is 15.3 Å². The zero-order valence-electron chi connectivity index (χ0n) is 15.3. The van der Waals surface area contributed by atoms with E-state index in [2.05, 4.69) is 22.2 Å². The molecule has 0 aliphatic heterocycles. The highest BCUT2D eigenvalue weighted by atomic mass is 32.1. The van der Waals surface area contributed by atoms with Crippen molar-refractivity contribution in [1.29, 1.82) is 0 Å². The second-order valence-corrected chi connectivity index (χ2v) is 7.57. The first-order chi connectivity index (χ1) is 12.5. The molecule has 3 rings (SSSR count). The van der Waals surface area contributed by atoms with Crippen molar-refractivity contribution in [2.75, 3.05) is 0 Å². The van der Waals surface area contributed by atoms with Gasteiger partial charge in [0.25, 0.3) is 11.5 Å². The topological polar surface area (TPSA) is 74.8 Å². The summed E-state index contributed by atoms with van der Waals surface area (Å²) in [5.74, 6) is 0.483. The SMILES string of the molecule is CCCC(C)NC(=O)c1sc2nc(Cc3ccccc3)[nH]c(=O)c2c1C. The molecule has 2 heterocycles. The minimum Gasteiger partial charge on any atom is -0.349 e. The number of rotatable bonds is 6. The fraction of sp³-hybridized carbons (Fsp3) is 0.350. The predicted octanol–water partition coefficient (Wildman–Crippen LogP) is 3.80. The van der Waals surface area contributed by atoms with Crippen molar-refractivity contribution in [3.63, 3.8) is 0 Å². The van der Waals surface area contributed by atoms with Crippen LogP contribution in [0.1, 0.15) is 53.3 Å². The lowest BCUT2D eigenvalue weighted by atomic mass is 10.1. The molecule has 2 N–H and O–H groups in total. The van der Waals surface area contributed by atoms with Crippen LogP contribution in [-0.2, 0) is 6.42 Å². The average Bonchev–Trinajstić information content (AvgIpc) is 2.93. The second kappa shape index (κ2) is 7.83. The molecule has 0 aliphatic carbocycles. The van der Waals surface area contributed by atoms with Gasteiger partial charge in [-0.15, -0.1) is 11.3 Å². The lowest BCUT2D eigenvalue weighted by Gasteiger charge is -2.11. The first-order valence-corrected chi connectivity index (χ1v) is 9.68. The van der Waals surface area contributed by atoms with Crippen molar-refractivity contribution in [2.45, 2.75) is 46.1 Å². The summed E-state index contributed by atoms with van der Waals surface area (Å²) in [5, 5.41) is 3.52. The molecule has 136 valence electrons. The Morgan fingerprint density at radius 2 is 2.04 bits per heavy atom. The second-order valence-electron chi connectivity index (χ2n) is 6.57.